The lowest BCUT2D eigenvalue weighted by Gasteiger charge is -2.39. The molecular weight excluding hydrogens is 414 g/mol. The maximum absolute atomic E-state index is 12.3. The molecule has 2 aromatic rings. The first-order valence-corrected chi connectivity index (χ1v) is 12.4. The number of nitrogens with one attached hydrogen (secondary N) is 2. The number of ether oxygens (including phenoxy) is 1. The van der Waals surface area contributed by atoms with E-state index in [0.717, 1.165) is 50.2 Å². The lowest BCUT2D eigenvalue weighted by molar-refractivity contribution is 0.0981. The van der Waals surface area contributed by atoms with Crippen LogP contribution in [0.3, 0.4) is 0 Å². The molecule has 2 aliphatic heterocycles. The number of hydrogen-bond acceptors (Lipinski definition) is 6. The average Bonchev–Trinajstić information content (AvgIpc) is 2.72. The summed E-state index contributed by atoms with van der Waals surface area (Å²) in [5, 5.41) is 3.58. The van der Waals surface area contributed by atoms with Crippen LogP contribution >= 0.6 is 0 Å². The fourth-order valence-electron chi connectivity index (χ4n) is 4.44. The van der Waals surface area contributed by atoms with E-state index in [2.05, 4.69) is 48.3 Å². The van der Waals surface area contributed by atoms with Crippen molar-refractivity contribution in [1.82, 2.24) is 4.72 Å². The molecule has 2 heterocycles. The van der Waals surface area contributed by atoms with Gasteiger partial charge < -0.3 is 15.0 Å². The van der Waals surface area contributed by atoms with E-state index in [-0.39, 0.29) is 11.5 Å². The predicted octanol–water partition coefficient (Wildman–Crippen LogP) is 3.05. The normalized spacial score (nSPS) is 20.5. The zero-order valence-electron chi connectivity index (χ0n) is 18.1. The van der Waals surface area contributed by atoms with Gasteiger partial charge in [0.1, 0.15) is 0 Å². The minimum atomic E-state index is -3.62. The summed E-state index contributed by atoms with van der Waals surface area (Å²) in [6.45, 7) is 7.64. The van der Waals surface area contributed by atoms with Gasteiger partial charge in [-0.2, -0.15) is 0 Å². The zero-order chi connectivity index (χ0) is 22.2. The summed E-state index contributed by atoms with van der Waals surface area (Å²) in [5.41, 5.74) is 4.56. The van der Waals surface area contributed by atoms with Gasteiger partial charge in [0.2, 0.25) is 10.0 Å². The standard InChI is InChI=1S/C23H29N3O4S/c1-23(2)15-21(16-5-4-6-18(13-16)26-9-11-30-12-10-26)24-20-14-17(7-8-19(20)23)22(27)25-31(3,28)29/h4-8,13-14,21,24H,9-12,15H2,1-3H3,(H,25,27). The predicted molar refractivity (Wildman–Crippen MR) is 122 cm³/mol. The van der Waals surface area contributed by atoms with Gasteiger partial charge >= 0.3 is 0 Å². The number of benzene rings is 2. The molecule has 1 saturated heterocycles. The maximum Gasteiger partial charge on any atom is 0.264 e. The summed E-state index contributed by atoms with van der Waals surface area (Å²) >= 11 is 0. The molecule has 0 spiro atoms. The molecule has 1 unspecified atom stereocenters. The third-order valence-electron chi connectivity index (χ3n) is 5.98. The van der Waals surface area contributed by atoms with Gasteiger partial charge in [0, 0.05) is 30.0 Å². The van der Waals surface area contributed by atoms with Crippen LogP contribution in [0.1, 0.15) is 47.8 Å². The highest BCUT2D eigenvalue weighted by Gasteiger charge is 2.34. The number of rotatable bonds is 4. The highest BCUT2D eigenvalue weighted by atomic mass is 32.2. The molecule has 7 nitrogen and oxygen atoms in total. The molecule has 166 valence electrons. The molecule has 0 aliphatic carbocycles. The topological polar surface area (TPSA) is 87.7 Å². The fourth-order valence-corrected chi connectivity index (χ4v) is 4.90. The van der Waals surface area contributed by atoms with Crippen molar-refractivity contribution in [2.24, 2.45) is 0 Å². The molecule has 2 aliphatic rings. The Bertz CT molecular complexity index is 1090. The number of sulfonamides is 1. The third-order valence-corrected chi connectivity index (χ3v) is 6.54. The van der Waals surface area contributed by atoms with Gasteiger partial charge in [-0.15, -0.1) is 0 Å². The van der Waals surface area contributed by atoms with E-state index in [4.69, 9.17) is 4.74 Å². The van der Waals surface area contributed by atoms with E-state index in [1.807, 2.05) is 10.8 Å². The van der Waals surface area contributed by atoms with Crippen molar-refractivity contribution in [3.05, 3.63) is 59.2 Å². The van der Waals surface area contributed by atoms with Gasteiger partial charge in [0.15, 0.2) is 0 Å². The minimum Gasteiger partial charge on any atom is -0.378 e. The lowest BCUT2D eigenvalue weighted by Crippen LogP contribution is -2.36. The first-order valence-electron chi connectivity index (χ1n) is 10.5. The van der Waals surface area contributed by atoms with Crippen LogP contribution in [0, 0.1) is 0 Å². The summed E-state index contributed by atoms with van der Waals surface area (Å²) < 4.78 is 30.4. The van der Waals surface area contributed by atoms with Crippen LogP contribution in [0.4, 0.5) is 11.4 Å². The van der Waals surface area contributed by atoms with Crippen molar-refractivity contribution in [3.8, 4) is 0 Å². The second kappa shape index (κ2) is 8.16. The van der Waals surface area contributed by atoms with E-state index >= 15 is 0 Å². The van der Waals surface area contributed by atoms with Crippen LogP contribution in [0.2, 0.25) is 0 Å². The third kappa shape index (κ3) is 4.85. The highest BCUT2D eigenvalue weighted by Crippen LogP contribution is 2.44. The summed E-state index contributed by atoms with van der Waals surface area (Å²) in [5.74, 6) is -0.624. The van der Waals surface area contributed by atoms with Crippen molar-refractivity contribution in [1.29, 1.82) is 0 Å². The van der Waals surface area contributed by atoms with E-state index in [0.29, 0.717) is 5.56 Å². The Labute approximate surface area is 183 Å². The Balaban J connectivity index is 1.63. The van der Waals surface area contributed by atoms with E-state index < -0.39 is 15.9 Å². The molecule has 1 fully saturated rings. The number of carbonyl (C=O) groups is 1. The number of carbonyl (C=O) groups excluding carboxylic acids is 1. The van der Waals surface area contributed by atoms with Gasteiger partial charge in [-0.3, -0.25) is 4.79 Å². The average molecular weight is 444 g/mol. The summed E-state index contributed by atoms with van der Waals surface area (Å²) in [6, 6.07) is 14.0. The first kappa shape index (κ1) is 21.6. The number of nitrogens with zero attached hydrogens (tertiary/aromatic N) is 1. The second-order valence-corrected chi connectivity index (χ2v) is 10.7. The minimum absolute atomic E-state index is 0.0803. The Kier molecular flexibility index (Phi) is 5.70. The maximum atomic E-state index is 12.3. The van der Waals surface area contributed by atoms with Crippen molar-refractivity contribution >= 4 is 27.3 Å². The van der Waals surface area contributed by atoms with Crippen LogP contribution in [0.25, 0.3) is 0 Å². The van der Waals surface area contributed by atoms with Crippen LogP contribution in [-0.4, -0.2) is 46.9 Å². The molecular formula is C23H29N3O4S. The molecule has 4 rings (SSSR count). The van der Waals surface area contributed by atoms with Crippen molar-refractivity contribution < 1.29 is 17.9 Å². The summed E-state index contributed by atoms with van der Waals surface area (Å²) in [7, 11) is -3.62. The number of anilines is 2. The quantitative estimate of drug-likeness (QED) is 0.755. The number of morpholine rings is 1. The van der Waals surface area contributed by atoms with Gasteiger partial charge in [-0.1, -0.05) is 32.0 Å². The van der Waals surface area contributed by atoms with Crippen LogP contribution in [0.15, 0.2) is 42.5 Å². The van der Waals surface area contributed by atoms with Gasteiger partial charge in [-0.25, -0.2) is 13.1 Å². The fraction of sp³-hybridized carbons (Fsp3) is 0.435. The molecule has 1 atom stereocenters. The monoisotopic (exact) mass is 443 g/mol. The SMILES string of the molecule is CC1(C)CC(c2cccc(N3CCOCC3)c2)Nc2cc(C(=O)NS(C)(=O)=O)ccc21. The Morgan fingerprint density at radius 1 is 1.16 bits per heavy atom. The van der Waals surface area contributed by atoms with Crippen molar-refractivity contribution in [2.75, 3.05) is 42.8 Å². The van der Waals surface area contributed by atoms with E-state index in [9.17, 15) is 13.2 Å². The van der Waals surface area contributed by atoms with Gasteiger partial charge in [0.05, 0.1) is 25.5 Å². The molecule has 8 heteroatoms. The van der Waals surface area contributed by atoms with E-state index in [1.54, 1.807) is 12.1 Å². The smallest absolute Gasteiger partial charge is 0.264 e. The molecule has 1 amide bonds. The van der Waals surface area contributed by atoms with Crippen LogP contribution in [-0.2, 0) is 20.2 Å². The van der Waals surface area contributed by atoms with Crippen LogP contribution in [0.5, 0.6) is 0 Å². The molecule has 0 radical (unpaired) electrons. The molecule has 2 aromatic carbocycles. The lowest BCUT2D eigenvalue weighted by atomic mass is 9.74. The Morgan fingerprint density at radius 3 is 2.61 bits per heavy atom. The second-order valence-electron chi connectivity index (χ2n) is 8.94. The summed E-state index contributed by atoms with van der Waals surface area (Å²) in [4.78, 5) is 14.7. The Hall–Kier alpha value is -2.58. The number of fused-ring (bicyclic) bond motifs is 1. The van der Waals surface area contributed by atoms with Crippen molar-refractivity contribution in [3.63, 3.8) is 0 Å². The molecule has 0 bridgehead atoms. The van der Waals surface area contributed by atoms with Gasteiger partial charge in [0.25, 0.3) is 5.91 Å². The molecule has 31 heavy (non-hydrogen) atoms. The Morgan fingerprint density at radius 2 is 1.90 bits per heavy atom. The molecule has 2 N–H and O–H groups in total. The number of hydrogen-bond donors (Lipinski definition) is 2. The van der Waals surface area contributed by atoms with Crippen LogP contribution < -0.4 is 14.9 Å². The first-order chi connectivity index (χ1) is 14.6. The summed E-state index contributed by atoms with van der Waals surface area (Å²) in [6.07, 6.45) is 1.88. The van der Waals surface area contributed by atoms with E-state index in [1.165, 1.54) is 11.3 Å². The van der Waals surface area contributed by atoms with Crippen molar-refractivity contribution in [2.45, 2.75) is 31.7 Å². The molecule has 0 aromatic heterocycles. The molecule has 0 saturated carbocycles. The zero-order valence-corrected chi connectivity index (χ0v) is 19.0. The largest absolute Gasteiger partial charge is 0.378 e. The highest BCUT2D eigenvalue weighted by molar-refractivity contribution is 7.89. The number of amides is 1. The van der Waals surface area contributed by atoms with Gasteiger partial charge in [-0.05, 0) is 47.2 Å².